The third kappa shape index (κ3) is 3.82. The summed E-state index contributed by atoms with van der Waals surface area (Å²) in [6, 6.07) is 1.91. The molecular formula is C11H14ClFN2O3. The number of aliphatic hydroxyl groups excluding tert-OH is 1. The number of anilines is 1. The number of nitrogens with zero attached hydrogens (tertiary/aromatic N) is 1. The van der Waals surface area contributed by atoms with Gasteiger partial charge in [-0.25, -0.2) is 4.39 Å². The van der Waals surface area contributed by atoms with Crippen molar-refractivity contribution in [2.75, 3.05) is 11.9 Å². The molecule has 0 radical (unpaired) electrons. The van der Waals surface area contributed by atoms with E-state index in [1.807, 2.05) is 6.92 Å². The summed E-state index contributed by atoms with van der Waals surface area (Å²) < 4.78 is 13.2. The van der Waals surface area contributed by atoms with E-state index in [0.29, 0.717) is 12.8 Å². The molecule has 0 amide bonds. The molecule has 5 nitrogen and oxygen atoms in total. The molecule has 0 aromatic heterocycles. The first-order valence-electron chi connectivity index (χ1n) is 5.46. The van der Waals surface area contributed by atoms with Gasteiger partial charge in [-0.3, -0.25) is 10.1 Å². The van der Waals surface area contributed by atoms with E-state index in [1.54, 1.807) is 0 Å². The van der Waals surface area contributed by atoms with Gasteiger partial charge in [0.25, 0.3) is 5.69 Å². The molecule has 100 valence electrons. The highest BCUT2D eigenvalue weighted by molar-refractivity contribution is 6.31. The lowest BCUT2D eigenvalue weighted by atomic mass is 10.1. The number of hydrogen-bond acceptors (Lipinski definition) is 4. The predicted octanol–water partition coefficient (Wildman–Crippen LogP) is 2.96. The lowest BCUT2D eigenvalue weighted by Crippen LogP contribution is -2.16. The number of benzene rings is 1. The van der Waals surface area contributed by atoms with Gasteiger partial charge >= 0.3 is 0 Å². The minimum absolute atomic E-state index is 0.0539. The summed E-state index contributed by atoms with van der Waals surface area (Å²) >= 11 is 5.60. The topological polar surface area (TPSA) is 75.4 Å². The van der Waals surface area contributed by atoms with Gasteiger partial charge in [-0.15, -0.1) is 0 Å². The highest BCUT2D eigenvalue weighted by Crippen LogP contribution is 2.31. The quantitative estimate of drug-likeness (QED) is 0.619. The molecule has 7 heteroatoms. The van der Waals surface area contributed by atoms with Gasteiger partial charge in [-0.2, -0.15) is 0 Å². The summed E-state index contributed by atoms with van der Waals surface area (Å²) in [5.74, 6) is -0.822. The van der Waals surface area contributed by atoms with Crippen LogP contribution < -0.4 is 5.32 Å². The van der Waals surface area contributed by atoms with Crippen molar-refractivity contribution >= 4 is 23.0 Å². The first-order chi connectivity index (χ1) is 8.45. The van der Waals surface area contributed by atoms with Crippen LogP contribution in [0.15, 0.2) is 12.1 Å². The number of nitro benzene ring substituents is 1. The van der Waals surface area contributed by atoms with Crippen molar-refractivity contribution in [1.29, 1.82) is 0 Å². The Kier molecular flexibility index (Phi) is 5.30. The zero-order valence-corrected chi connectivity index (χ0v) is 10.6. The molecule has 0 fully saturated rings. The smallest absolute Gasteiger partial charge is 0.295 e. The van der Waals surface area contributed by atoms with Crippen LogP contribution in [0.3, 0.4) is 0 Å². The van der Waals surface area contributed by atoms with Gasteiger partial charge in [0.1, 0.15) is 11.5 Å². The molecule has 0 aliphatic carbocycles. The van der Waals surface area contributed by atoms with Crippen molar-refractivity contribution in [3.63, 3.8) is 0 Å². The fourth-order valence-electron chi connectivity index (χ4n) is 1.54. The van der Waals surface area contributed by atoms with Crippen LogP contribution in [-0.4, -0.2) is 22.7 Å². The highest BCUT2D eigenvalue weighted by atomic mass is 35.5. The summed E-state index contributed by atoms with van der Waals surface area (Å²) in [7, 11) is 0. The second kappa shape index (κ2) is 6.51. The van der Waals surface area contributed by atoms with Crippen molar-refractivity contribution in [3.8, 4) is 0 Å². The Hall–Kier alpha value is -1.40. The molecule has 1 rings (SSSR count). The van der Waals surface area contributed by atoms with Gasteiger partial charge in [0, 0.05) is 12.6 Å². The van der Waals surface area contributed by atoms with E-state index >= 15 is 0 Å². The van der Waals surface area contributed by atoms with Crippen molar-refractivity contribution in [3.05, 3.63) is 33.1 Å². The average molecular weight is 277 g/mol. The molecule has 1 atom stereocenters. The molecule has 0 aliphatic rings. The highest BCUT2D eigenvalue weighted by Gasteiger charge is 2.18. The number of nitro groups is 1. The number of aliphatic hydroxyl groups is 1. The number of rotatable bonds is 6. The third-order valence-corrected chi connectivity index (χ3v) is 2.72. The fourth-order valence-corrected chi connectivity index (χ4v) is 1.70. The molecule has 18 heavy (non-hydrogen) atoms. The first-order valence-corrected chi connectivity index (χ1v) is 5.84. The Morgan fingerprint density at radius 2 is 2.28 bits per heavy atom. The van der Waals surface area contributed by atoms with Gasteiger partial charge in [0.2, 0.25) is 0 Å². The summed E-state index contributed by atoms with van der Waals surface area (Å²) in [4.78, 5) is 10.1. The van der Waals surface area contributed by atoms with Crippen molar-refractivity contribution in [2.45, 2.75) is 25.8 Å². The molecule has 1 aromatic rings. The monoisotopic (exact) mass is 276 g/mol. The Balaban J connectivity index is 2.93. The predicted molar refractivity (Wildman–Crippen MR) is 67.5 cm³/mol. The summed E-state index contributed by atoms with van der Waals surface area (Å²) in [5.41, 5.74) is -0.176. The van der Waals surface area contributed by atoms with Crippen molar-refractivity contribution < 1.29 is 14.4 Å². The summed E-state index contributed by atoms with van der Waals surface area (Å²) in [5, 5.41) is 22.2. The van der Waals surface area contributed by atoms with Crippen LogP contribution in [0.2, 0.25) is 5.02 Å². The molecule has 1 aromatic carbocycles. The standard InChI is InChI=1S/C11H14ClFN2O3/c1-7(3-2-4-16)14-10-5-8(12)9(13)6-11(10)15(17)18/h5-7,14,16H,2-4H2,1H3. The average Bonchev–Trinajstić information content (AvgIpc) is 2.30. The van der Waals surface area contributed by atoms with Gasteiger partial charge in [-0.05, 0) is 25.8 Å². The van der Waals surface area contributed by atoms with E-state index in [4.69, 9.17) is 16.7 Å². The van der Waals surface area contributed by atoms with Gasteiger partial charge in [0.05, 0.1) is 16.0 Å². The number of halogens is 2. The van der Waals surface area contributed by atoms with Gasteiger partial charge in [-0.1, -0.05) is 11.6 Å². The second-order valence-corrected chi connectivity index (χ2v) is 4.36. The zero-order chi connectivity index (χ0) is 13.7. The molecule has 0 saturated heterocycles. The van der Waals surface area contributed by atoms with Crippen LogP contribution in [-0.2, 0) is 0 Å². The van der Waals surface area contributed by atoms with Crippen LogP contribution in [0.25, 0.3) is 0 Å². The molecule has 0 spiro atoms. The Bertz CT molecular complexity index is 443. The lowest BCUT2D eigenvalue weighted by Gasteiger charge is -2.15. The number of nitrogens with one attached hydrogen (secondary N) is 1. The van der Waals surface area contributed by atoms with Crippen molar-refractivity contribution in [2.24, 2.45) is 0 Å². The lowest BCUT2D eigenvalue weighted by molar-refractivity contribution is -0.384. The van der Waals surface area contributed by atoms with E-state index < -0.39 is 10.7 Å². The van der Waals surface area contributed by atoms with Gasteiger partial charge < -0.3 is 10.4 Å². The Morgan fingerprint density at radius 1 is 1.61 bits per heavy atom. The molecule has 0 heterocycles. The van der Waals surface area contributed by atoms with E-state index in [2.05, 4.69) is 5.32 Å². The SMILES string of the molecule is CC(CCCO)Nc1cc(Cl)c(F)cc1[N+](=O)[O-]. The number of hydrogen-bond donors (Lipinski definition) is 2. The molecule has 0 bridgehead atoms. The fraction of sp³-hybridized carbons (Fsp3) is 0.455. The Labute approximate surface area is 109 Å². The third-order valence-electron chi connectivity index (χ3n) is 2.43. The maximum Gasteiger partial charge on any atom is 0.295 e. The zero-order valence-electron chi connectivity index (χ0n) is 9.82. The maximum absolute atomic E-state index is 13.2. The van der Waals surface area contributed by atoms with Crippen LogP contribution >= 0.6 is 11.6 Å². The van der Waals surface area contributed by atoms with E-state index in [1.165, 1.54) is 6.07 Å². The van der Waals surface area contributed by atoms with Crippen LogP contribution in [0.1, 0.15) is 19.8 Å². The van der Waals surface area contributed by atoms with E-state index in [-0.39, 0.29) is 29.0 Å². The normalized spacial score (nSPS) is 12.2. The summed E-state index contributed by atoms with van der Waals surface area (Å²) in [6.45, 7) is 1.87. The minimum Gasteiger partial charge on any atom is -0.396 e. The van der Waals surface area contributed by atoms with Crippen LogP contribution in [0, 0.1) is 15.9 Å². The minimum atomic E-state index is -0.822. The van der Waals surface area contributed by atoms with E-state index in [9.17, 15) is 14.5 Å². The largest absolute Gasteiger partial charge is 0.396 e. The van der Waals surface area contributed by atoms with Gasteiger partial charge in [0.15, 0.2) is 0 Å². The molecule has 2 N–H and O–H groups in total. The molecular weight excluding hydrogens is 263 g/mol. The summed E-state index contributed by atoms with van der Waals surface area (Å²) in [6.07, 6.45) is 1.22. The first kappa shape index (κ1) is 14.7. The second-order valence-electron chi connectivity index (χ2n) is 3.95. The van der Waals surface area contributed by atoms with Crippen LogP contribution in [0.5, 0.6) is 0 Å². The molecule has 0 saturated carbocycles. The molecule has 0 aliphatic heterocycles. The maximum atomic E-state index is 13.2. The van der Waals surface area contributed by atoms with Crippen LogP contribution in [0.4, 0.5) is 15.8 Å². The van der Waals surface area contributed by atoms with Crippen molar-refractivity contribution in [1.82, 2.24) is 0 Å². The Morgan fingerprint density at radius 3 is 2.83 bits per heavy atom. The van der Waals surface area contributed by atoms with E-state index in [0.717, 1.165) is 6.07 Å². The molecule has 1 unspecified atom stereocenters.